The quantitative estimate of drug-likeness (QED) is 0.171. The minimum atomic E-state index is -1.09. The van der Waals surface area contributed by atoms with Crippen LogP contribution in [0, 0.1) is 0 Å². The zero-order valence-electron chi connectivity index (χ0n) is 15.2. The zero-order chi connectivity index (χ0) is 20.6. The Kier molecular flexibility index (Phi) is 8.00. The molecule has 0 saturated carbocycles. The summed E-state index contributed by atoms with van der Waals surface area (Å²) < 4.78 is 5.47. The van der Waals surface area contributed by atoms with Crippen LogP contribution in [-0.4, -0.2) is 22.7 Å². The number of pyridine rings is 1. The van der Waals surface area contributed by atoms with E-state index in [0.717, 1.165) is 11.3 Å². The molecule has 1 aromatic carbocycles. The molecule has 4 nitrogen and oxygen atoms in total. The van der Waals surface area contributed by atoms with Crippen molar-refractivity contribution >= 4 is 57.8 Å². The van der Waals surface area contributed by atoms with E-state index in [1.54, 1.807) is 41.7 Å². The van der Waals surface area contributed by atoms with E-state index in [4.69, 9.17) is 27.9 Å². The summed E-state index contributed by atoms with van der Waals surface area (Å²) in [4.78, 5) is 18.1. The van der Waals surface area contributed by atoms with Crippen LogP contribution in [0.1, 0.15) is 16.3 Å². The molecule has 3 aromatic rings. The van der Waals surface area contributed by atoms with Crippen molar-refractivity contribution in [2.45, 2.75) is 17.1 Å². The van der Waals surface area contributed by atoms with Crippen molar-refractivity contribution in [1.82, 2.24) is 4.98 Å². The number of thiophene rings is 1. The maximum Gasteiger partial charge on any atom is 0.341 e. The van der Waals surface area contributed by atoms with Crippen LogP contribution < -0.4 is 0 Å². The predicted octanol–water partition coefficient (Wildman–Crippen LogP) is 6.43. The summed E-state index contributed by atoms with van der Waals surface area (Å²) in [5.41, 5.74) is 1.07. The molecule has 0 amide bonds. The van der Waals surface area contributed by atoms with Gasteiger partial charge in [-0.3, -0.25) is 4.98 Å². The molecule has 0 aliphatic carbocycles. The number of aliphatic carboxylic acids is 1. The van der Waals surface area contributed by atoms with Gasteiger partial charge in [-0.25, -0.2) is 4.79 Å². The third-order valence-corrected chi connectivity index (χ3v) is 6.80. The van der Waals surface area contributed by atoms with Gasteiger partial charge in [0.05, 0.1) is 34.3 Å². The third kappa shape index (κ3) is 6.24. The standard InChI is InChI=1S/C21H17Cl2NO3S2/c22-17-6-2-7-18(23)20(17)29-13-14-4-1-8-19(24-14)16(21(25)26)12-27-10-9-15-5-3-11-28-15/h1-8,11-12H,9-10,13H2,(H,25,26). The lowest BCUT2D eigenvalue weighted by atomic mass is 10.2. The first kappa shape index (κ1) is 21.7. The number of nitrogens with zero attached hydrogens (tertiary/aromatic N) is 1. The summed E-state index contributed by atoms with van der Waals surface area (Å²) in [6.07, 6.45) is 1.99. The lowest BCUT2D eigenvalue weighted by Crippen LogP contribution is -2.05. The van der Waals surface area contributed by atoms with Gasteiger partial charge in [0.2, 0.25) is 0 Å². The van der Waals surface area contributed by atoms with Crippen LogP contribution in [0.25, 0.3) is 5.57 Å². The molecule has 2 aromatic heterocycles. The van der Waals surface area contributed by atoms with Crippen molar-refractivity contribution in [2.24, 2.45) is 0 Å². The molecule has 2 heterocycles. The molecular weight excluding hydrogens is 449 g/mol. The van der Waals surface area contributed by atoms with Crippen molar-refractivity contribution in [3.05, 3.63) is 86.5 Å². The van der Waals surface area contributed by atoms with E-state index in [1.807, 2.05) is 23.6 Å². The summed E-state index contributed by atoms with van der Waals surface area (Å²) in [7, 11) is 0. The van der Waals surface area contributed by atoms with Crippen LogP contribution in [0.15, 0.2) is 65.1 Å². The number of halogens is 2. The van der Waals surface area contributed by atoms with E-state index in [2.05, 4.69) is 4.98 Å². The number of carboxylic acid groups (broad SMARTS) is 1. The smallest absolute Gasteiger partial charge is 0.341 e. The van der Waals surface area contributed by atoms with E-state index in [1.165, 1.54) is 22.9 Å². The van der Waals surface area contributed by atoms with Gasteiger partial charge in [-0.2, -0.15) is 0 Å². The van der Waals surface area contributed by atoms with Gasteiger partial charge in [-0.1, -0.05) is 41.4 Å². The van der Waals surface area contributed by atoms with Crippen LogP contribution in [-0.2, 0) is 21.7 Å². The lowest BCUT2D eigenvalue weighted by molar-refractivity contribution is -0.130. The van der Waals surface area contributed by atoms with Crippen LogP contribution >= 0.6 is 46.3 Å². The molecule has 1 N–H and O–H groups in total. The number of hydrogen-bond donors (Lipinski definition) is 1. The number of thioether (sulfide) groups is 1. The summed E-state index contributed by atoms with van der Waals surface area (Å²) in [6.45, 7) is 0.401. The summed E-state index contributed by atoms with van der Waals surface area (Å²) in [6, 6.07) is 14.6. The first-order valence-electron chi connectivity index (χ1n) is 8.65. The summed E-state index contributed by atoms with van der Waals surface area (Å²) in [5.74, 6) is -0.587. The van der Waals surface area contributed by atoms with Crippen molar-refractivity contribution in [2.75, 3.05) is 6.61 Å². The van der Waals surface area contributed by atoms with Crippen LogP contribution in [0.5, 0.6) is 0 Å². The second kappa shape index (κ2) is 10.7. The van der Waals surface area contributed by atoms with Gasteiger partial charge in [0.15, 0.2) is 0 Å². The summed E-state index contributed by atoms with van der Waals surface area (Å²) >= 11 is 15.5. The minimum absolute atomic E-state index is 0.0128. The molecule has 0 bridgehead atoms. The van der Waals surface area contributed by atoms with E-state index in [9.17, 15) is 9.90 Å². The van der Waals surface area contributed by atoms with Crippen LogP contribution in [0.2, 0.25) is 10.0 Å². The molecule has 0 aliphatic rings. The molecule has 0 fully saturated rings. The third-order valence-electron chi connectivity index (χ3n) is 3.84. The Labute approximate surface area is 187 Å². The average Bonchev–Trinajstić information content (AvgIpc) is 3.21. The molecule has 0 spiro atoms. The molecule has 0 atom stereocenters. The Balaban J connectivity index is 1.68. The van der Waals surface area contributed by atoms with Gasteiger partial charge < -0.3 is 9.84 Å². The molecule has 150 valence electrons. The molecule has 0 saturated heterocycles. The number of rotatable bonds is 9. The molecule has 3 rings (SSSR count). The first-order valence-corrected chi connectivity index (χ1v) is 11.3. The van der Waals surface area contributed by atoms with Crippen LogP contribution in [0.3, 0.4) is 0 Å². The Morgan fingerprint density at radius 2 is 1.90 bits per heavy atom. The number of ether oxygens (including phenoxy) is 1. The largest absolute Gasteiger partial charge is 0.500 e. The van der Waals surface area contributed by atoms with Gasteiger partial charge in [0.1, 0.15) is 5.57 Å². The predicted molar refractivity (Wildman–Crippen MR) is 120 cm³/mol. The molecule has 0 radical (unpaired) electrons. The highest BCUT2D eigenvalue weighted by atomic mass is 35.5. The topological polar surface area (TPSA) is 59.4 Å². The van der Waals surface area contributed by atoms with Gasteiger partial charge in [0, 0.05) is 21.9 Å². The molecule has 0 unspecified atom stereocenters. The lowest BCUT2D eigenvalue weighted by Gasteiger charge is -2.08. The van der Waals surface area contributed by atoms with E-state index >= 15 is 0 Å². The molecule has 0 aliphatic heterocycles. The average molecular weight is 466 g/mol. The van der Waals surface area contributed by atoms with Gasteiger partial charge in [-0.05, 0) is 35.7 Å². The SMILES string of the molecule is O=C(O)C(=COCCc1cccs1)c1cccc(CSc2c(Cl)cccc2Cl)n1. The number of benzene rings is 1. The zero-order valence-corrected chi connectivity index (χ0v) is 18.3. The first-order chi connectivity index (χ1) is 14.0. The highest BCUT2D eigenvalue weighted by Crippen LogP contribution is 2.35. The minimum Gasteiger partial charge on any atom is -0.500 e. The second-order valence-corrected chi connectivity index (χ2v) is 8.72. The van der Waals surface area contributed by atoms with E-state index in [0.29, 0.717) is 33.8 Å². The van der Waals surface area contributed by atoms with E-state index < -0.39 is 5.97 Å². The second-order valence-electron chi connectivity index (χ2n) is 5.89. The van der Waals surface area contributed by atoms with Gasteiger partial charge in [0.25, 0.3) is 0 Å². The van der Waals surface area contributed by atoms with Crippen molar-refractivity contribution in [3.8, 4) is 0 Å². The highest BCUT2D eigenvalue weighted by molar-refractivity contribution is 7.98. The number of hydrogen-bond acceptors (Lipinski definition) is 5. The maximum absolute atomic E-state index is 11.7. The van der Waals surface area contributed by atoms with Crippen molar-refractivity contribution < 1.29 is 14.6 Å². The van der Waals surface area contributed by atoms with Gasteiger partial charge >= 0.3 is 5.97 Å². The van der Waals surface area contributed by atoms with Crippen molar-refractivity contribution in [1.29, 1.82) is 0 Å². The monoisotopic (exact) mass is 465 g/mol. The van der Waals surface area contributed by atoms with Gasteiger partial charge in [-0.15, -0.1) is 23.1 Å². The highest BCUT2D eigenvalue weighted by Gasteiger charge is 2.14. The Bertz CT molecular complexity index is 987. The Morgan fingerprint density at radius 1 is 1.14 bits per heavy atom. The normalized spacial score (nSPS) is 11.4. The molecule has 29 heavy (non-hydrogen) atoms. The number of carboxylic acids is 1. The van der Waals surface area contributed by atoms with Crippen LogP contribution in [0.4, 0.5) is 0 Å². The fourth-order valence-electron chi connectivity index (χ4n) is 2.45. The fraction of sp³-hybridized carbons (Fsp3) is 0.143. The summed E-state index contributed by atoms with van der Waals surface area (Å²) in [5, 5.41) is 12.7. The fourth-order valence-corrected chi connectivity index (χ4v) is 4.73. The molecule has 8 heteroatoms. The number of carbonyl (C=O) groups is 1. The Morgan fingerprint density at radius 3 is 2.59 bits per heavy atom. The maximum atomic E-state index is 11.7. The van der Waals surface area contributed by atoms with Crippen molar-refractivity contribution in [3.63, 3.8) is 0 Å². The number of aromatic nitrogens is 1. The Hall–Kier alpha value is -1.99. The van der Waals surface area contributed by atoms with E-state index in [-0.39, 0.29) is 5.57 Å². The molecular formula is C21H17Cl2NO3S2.